The van der Waals surface area contributed by atoms with Crippen LogP contribution < -0.4 is 10.2 Å². The highest BCUT2D eigenvalue weighted by Gasteiger charge is 2.12. The number of carbonyl (C=O) groups is 1. The topological polar surface area (TPSA) is 32.3 Å². The minimum Gasteiger partial charge on any atom is -0.372 e. The van der Waals surface area contributed by atoms with Crippen molar-refractivity contribution in [3.63, 3.8) is 0 Å². The smallest absolute Gasteiger partial charge is 0.220 e. The monoisotopic (exact) mass is 344 g/mol. The molecule has 0 saturated carbocycles. The molecule has 0 bridgehead atoms. The zero-order valence-corrected chi connectivity index (χ0v) is 14.1. The summed E-state index contributed by atoms with van der Waals surface area (Å²) in [6.45, 7) is 2.69. The molecule has 3 nitrogen and oxygen atoms in total. The summed E-state index contributed by atoms with van der Waals surface area (Å²) in [6.07, 6.45) is 3.12. The van der Waals surface area contributed by atoms with Gasteiger partial charge >= 0.3 is 0 Å². The second-order valence-electron chi connectivity index (χ2n) is 6.39. The molecule has 3 rings (SSSR count). The summed E-state index contributed by atoms with van der Waals surface area (Å²) in [4.78, 5) is 14.3. The van der Waals surface area contributed by atoms with E-state index in [0.717, 1.165) is 30.8 Å². The first-order chi connectivity index (χ1) is 12.1. The fraction of sp³-hybridized carbons (Fsp3) is 0.350. The van der Waals surface area contributed by atoms with E-state index in [-0.39, 0.29) is 12.3 Å². The summed E-state index contributed by atoms with van der Waals surface area (Å²) >= 11 is 0. The average Bonchev–Trinajstić information content (AvgIpc) is 3.16. The number of hydrogen-bond acceptors (Lipinski definition) is 2. The van der Waals surface area contributed by atoms with Gasteiger partial charge in [-0.05, 0) is 54.7 Å². The fourth-order valence-corrected chi connectivity index (χ4v) is 3.04. The number of nitrogens with one attached hydrogen (secondary N) is 1. The zero-order chi connectivity index (χ0) is 17.6. The number of halogens is 2. The van der Waals surface area contributed by atoms with Crippen LogP contribution in [-0.2, 0) is 17.8 Å². The van der Waals surface area contributed by atoms with Crippen LogP contribution in [0.1, 0.15) is 30.4 Å². The quantitative estimate of drug-likeness (QED) is 0.864. The van der Waals surface area contributed by atoms with E-state index in [1.807, 2.05) is 12.1 Å². The molecular weight excluding hydrogens is 322 g/mol. The van der Waals surface area contributed by atoms with Crippen molar-refractivity contribution in [1.82, 2.24) is 5.32 Å². The van der Waals surface area contributed by atoms with Gasteiger partial charge in [-0.15, -0.1) is 0 Å². The number of hydrogen-bond donors (Lipinski definition) is 1. The maximum Gasteiger partial charge on any atom is 0.220 e. The maximum absolute atomic E-state index is 13.1. The second kappa shape index (κ2) is 8.10. The summed E-state index contributed by atoms with van der Waals surface area (Å²) in [6, 6.07) is 12.0. The Balaban J connectivity index is 1.44. The van der Waals surface area contributed by atoms with Crippen molar-refractivity contribution in [2.75, 3.05) is 18.0 Å². The molecule has 1 aliphatic rings. The van der Waals surface area contributed by atoms with Gasteiger partial charge in [0.05, 0.1) is 0 Å². The number of carbonyl (C=O) groups excluding carboxylic acids is 1. The van der Waals surface area contributed by atoms with E-state index in [0.29, 0.717) is 18.5 Å². The lowest BCUT2D eigenvalue weighted by molar-refractivity contribution is -0.121. The van der Waals surface area contributed by atoms with E-state index >= 15 is 0 Å². The first-order valence-electron chi connectivity index (χ1n) is 8.66. The normalized spacial score (nSPS) is 13.9. The molecule has 0 aliphatic carbocycles. The summed E-state index contributed by atoms with van der Waals surface area (Å²) in [5.41, 5.74) is 2.89. The Morgan fingerprint density at radius 3 is 2.32 bits per heavy atom. The third-order valence-corrected chi connectivity index (χ3v) is 4.52. The number of anilines is 1. The van der Waals surface area contributed by atoms with Gasteiger partial charge in [0.25, 0.3) is 0 Å². The van der Waals surface area contributed by atoms with E-state index in [4.69, 9.17) is 0 Å². The molecule has 132 valence electrons. The number of benzene rings is 2. The molecule has 1 fully saturated rings. The molecule has 5 heteroatoms. The molecule has 0 radical (unpaired) electrons. The van der Waals surface area contributed by atoms with Crippen LogP contribution in [0.5, 0.6) is 0 Å². The van der Waals surface area contributed by atoms with Gasteiger partial charge < -0.3 is 10.2 Å². The van der Waals surface area contributed by atoms with Crippen LogP contribution in [0.25, 0.3) is 0 Å². The molecule has 0 aromatic heterocycles. The van der Waals surface area contributed by atoms with Gasteiger partial charge in [0.1, 0.15) is 0 Å². The van der Waals surface area contributed by atoms with E-state index in [9.17, 15) is 13.6 Å². The molecule has 1 heterocycles. The number of amides is 1. The number of rotatable bonds is 6. The third-order valence-electron chi connectivity index (χ3n) is 4.52. The maximum atomic E-state index is 13.1. The first kappa shape index (κ1) is 17.4. The van der Waals surface area contributed by atoms with Crippen LogP contribution in [0, 0.1) is 11.6 Å². The lowest BCUT2D eigenvalue weighted by atomic mass is 10.1. The van der Waals surface area contributed by atoms with Crippen LogP contribution in [0.4, 0.5) is 14.5 Å². The standard InChI is InChI=1S/C20H22F2N2O/c21-18-9-5-15(13-19(18)22)6-10-20(25)23-14-16-3-7-17(8-4-16)24-11-1-2-12-24/h3-5,7-9,13H,1-2,6,10-12,14H2,(H,23,25). The zero-order valence-electron chi connectivity index (χ0n) is 14.1. The Hall–Kier alpha value is -2.43. The summed E-state index contributed by atoms with van der Waals surface area (Å²) in [7, 11) is 0. The lowest BCUT2D eigenvalue weighted by Gasteiger charge is -2.17. The molecule has 0 spiro atoms. The Morgan fingerprint density at radius 2 is 1.64 bits per heavy atom. The fourth-order valence-electron chi connectivity index (χ4n) is 3.04. The Labute approximate surface area is 146 Å². The summed E-state index contributed by atoms with van der Waals surface area (Å²) < 4.78 is 26.0. The van der Waals surface area contributed by atoms with Gasteiger partial charge in [-0.3, -0.25) is 4.79 Å². The molecular formula is C20H22F2N2O. The highest BCUT2D eigenvalue weighted by atomic mass is 19.2. The van der Waals surface area contributed by atoms with Crippen LogP contribution in [0.2, 0.25) is 0 Å². The molecule has 25 heavy (non-hydrogen) atoms. The Kier molecular flexibility index (Phi) is 5.64. The molecule has 1 aliphatic heterocycles. The SMILES string of the molecule is O=C(CCc1ccc(F)c(F)c1)NCc1ccc(N2CCCC2)cc1. The van der Waals surface area contributed by atoms with E-state index in [1.54, 1.807) is 0 Å². The summed E-state index contributed by atoms with van der Waals surface area (Å²) in [5.74, 6) is -1.85. The van der Waals surface area contributed by atoms with Gasteiger partial charge in [0, 0.05) is 31.7 Å². The number of aryl methyl sites for hydroxylation is 1. The molecule has 1 saturated heterocycles. The van der Waals surface area contributed by atoms with Crippen molar-refractivity contribution in [3.05, 3.63) is 65.2 Å². The van der Waals surface area contributed by atoms with E-state index in [1.165, 1.54) is 24.6 Å². The first-order valence-corrected chi connectivity index (χ1v) is 8.66. The van der Waals surface area contributed by atoms with Crippen molar-refractivity contribution in [3.8, 4) is 0 Å². The Morgan fingerprint density at radius 1 is 0.960 bits per heavy atom. The molecule has 2 aromatic carbocycles. The molecule has 1 N–H and O–H groups in total. The van der Waals surface area contributed by atoms with Crippen LogP contribution in [0.3, 0.4) is 0 Å². The average molecular weight is 344 g/mol. The van der Waals surface area contributed by atoms with Crippen molar-refractivity contribution < 1.29 is 13.6 Å². The minimum atomic E-state index is -0.879. The Bertz CT molecular complexity index is 725. The highest BCUT2D eigenvalue weighted by Crippen LogP contribution is 2.20. The minimum absolute atomic E-state index is 0.103. The number of nitrogens with zero attached hydrogens (tertiary/aromatic N) is 1. The van der Waals surface area contributed by atoms with E-state index in [2.05, 4.69) is 22.3 Å². The van der Waals surface area contributed by atoms with Crippen molar-refractivity contribution >= 4 is 11.6 Å². The van der Waals surface area contributed by atoms with Crippen molar-refractivity contribution in [1.29, 1.82) is 0 Å². The van der Waals surface area contributed by atoms with Crippen molar-refractivity contribution in [2.24, 2.45) is 0 Å². The van der Waals surface area contributed by atoms with Gasteiger partial charge in [-0.25, -0.2) is 8.78 Å². The lowest BCUT2D eigenvalue weighted by Crippen LogP contribution is -2.23. The van der Waals surface area contributed by atoms with Gasteiger partial charge in [0.2, 0.25) is 5.91 Å². The molecule has 2 aromatic rings. The predicted octanol–water partition coefficient (Wildman–Crippen LogP) is 3.81. The van der Waals surface area contributed by atoms with Gasteiger partial charge in [0.15, 0.2) is 11.6 Å². The van der Waals surface area contributed by atoms with Gasteiger partial charge in [-0.1, -0.05) is 18.2 Å². The third kappa shape index (κ3) is 4.78. The molecule has 1 amide bonds. The van der Waals surface area contributed by atoms with Crippen LogP contribution >= 0.6 is 0 Å². The van der Waals surface area contributed by atoms with E-state index < -0.39 is 11.6 Å². The second-order valence-corrected chi connectivity index (χ2v) is 6.39. The molecule has 0 unspecified atom stereocenters. The predicted molar refractivity (Wildman–Crippen MR) is 94.4 cm³/mol. The van der Waals surface area contributed by atoms with Gasteiger partial charge in [-0.2, -0.15) is 0 Å². The van der Waals surface area contributed by atoms with Crippen LogP contribution in [0.15, 0.2) is 42.5 Å². The van der Waals surface area contributed by atoms with Crippen LogP contribution in [-0.4, -0.2) is 19.0 Å². The van der Waals surface area contributed by atoms with Crippen molar-refractivity contribution in [2.45, 2.75) is 32.2 Å². The summed E-state index contributed by atoms with van der Waals surface area (Å²) in [5, 5.41) is 2.86. The molecule has 0 atom stereocenters. The largest absolute Gasteiger partial charge is 0.372 e. The highest BCUT2D eigenvalue weighted by molar-refractivity contribution is 5.76.